The van der Waals surface area contributed by atoms with Gasteiger partial charge < -0.3 is 41.4 Å². The Morgan fingerprint density at radius 2 is 1.02 bits per heavy atom. The largest absolute Gasteiger partial charge is 0.488 e. The number of benzene rings is 2. The van der Waals surface area contributed by atoms with Gasteiger partial charge in [0.1, 0.15) is 33.7 Å². The van der Waals surface area contributed by atoms with Crippen LogP contribution in [0.1, 0.15) is 55.6 Å². The summed E-state index contributed by atoms with van der Waals surface area (Å²) in [6.07, 6.45) is 7.42. The molecule has 3 aliphatic carbocycles. The summed E-state index contributed by atoms with van der Waals surface area (Å²) >= 11 is 17.3. The van der Waals surface area contributed by atoms with Gasteiger partial charge in [0.15, 0.2) is 5.82 Å². The average molecular weight is 868 g/mol. The van der Waals surface area contributed by atoms with E-state index in [0.29, 0.717) is 34.4 Å². The number of nitrogens with two attached hydrogens (primary N) is 1. The lowest BCUT2D eigenvalue weighted by molar-refractivity contribution is 0.426. The lowest BCUT2D eigenvalue weighted by atomic mass is 9.81. The zero-order valence-corrected chi connectivity index (χ0v) is 35.6. The van der Waals surface area contributed by atoms with Crippen molar-refractivity contribution in [2.75, 3.05) is 10.6 Å². The van der Waals surface area contributed by atoms with Crippen molar-refractivity contribution >= 4 is 92.1 Å². The summed E-state index contributed by atoms with van der Waals surface area (Å²) < 4.78 is 0. The highest BCUT2D eigenvalue weighted by atomic mass is 35.5. The van der Waals surface area contributed by atoms with Gasteiger partial charge in [-0.3, -0.25) is 0 Å². The Morgan fingerprint density at radius 3 is 1.48 bits per heavy atom. The molecule has 0 atom stereocenters. The van der Waals surface area contributed by atoms with E-state index in [1.54, 1.807) is 24.3 Å². The molecule has 0 unspecified atom stereocenters. The molecule has 2 aromatic carbocycles. The summed E-state index contributed by atoms with van der Waals surface area (Å²) in [5, 5.41) is 27.8. The second-order valence-corrected chi connectivity index (χ2v) is 16.0. The van der Waals surface area contributed by atoms with E-state index in [9.17, 15) is 0 Å². The van der Waals surface area contributed by atoms with Gasteiger partial charge >= 0.3 is 7.12 Å². The van der Waals surface area contributed by atoms with Gasteiger partial charge in [0.05, 0.1) is 16.2 Å². The van der Waals surface area contributed by atoms with Gasteiger partial charge in [-0.2, -0.15) is 9.97 Å². The van der Waals surface area contributed by atoms with Crippen LogP contribution in [0.5, 0.6) is 0 Å². The topological polar surface area (TPSA) is 215 Å². The van der Waals surface area contributed by atoms with Gasteiger partial charge in [-0.15, -0.1) is 0 Å². The third kappa shape index (κ3) is 12.2. The monoisotopic (exact) mass is 866 g/mol. The third-order valence-corrected chi connectivity index (χ3v) is 9.98. The minimum atomic E-state index is -1.34. The number of H-pyrrole nitrogens is 3. The summed E-state index contributed by atoms with van der Waals surface area (Å²) in [6, 6.07) is 26.5. The van der Waals surface area contributed by atoms with Crippen molar-refractivity contribution in [2.45, 2.75) is 77.4 Å². The van der Waals surface area contributed by atoms with Gasteiger partial charge in [0.2, 0.25) is 10.6 Å². The van der Waals surface area contributed by atoms with Crippen LogP contribution in [0.15, 0.2) is 78.9 Å². The first-order chi connectivity index (χ1) is 28.9. The average Bonchev–Trinajstić information content (AvgIpc) is 4.19. The summed E-state index contributed by atoms with van der Waals surface area (Å²) in [5.41, 5.74) is 12.3. The van der Waals surface area contributed by atoms with E-state index in [-0.39, 0.29) is 10.6 Å². The summed E-state index contributed by atoms with van der Waals surface area (Å²) in [6.45, 7) is 5.97. The first kappa shape index (κ1) is 42.8. The van der Waals surface area contributed by atoms with Crippen LogP contribution >= 0.6 is 34.8 Å². The standard InChI is InChI=1S/C16H16N4.C10H11ClN4.C7H5Cl2N3.C6H7BO2.C3H7N/c1-10-9-13-15(17-10)19-14(11-5-3-2-4-6-11)20-16(13)18-12-7-8-12;1-5-4-7-8(12-5)14-10(11)15-9(7)13-6-2-3-6;1-3-2-4-5(8)11-7(9)12-6(4)10-3;8-7(9)6-4-2-1-3-5-6;4-3-1-2-3/h2-6,9,12H,7-8H2,1H3,(H2,17,18,19,20);4,6H,2-3H2,1H3,(H2,12,13,14,15);2H,1H3,(H,10,11,12);1-5,8-9H;3H,1-2,4H2. The molecule has 3 saturated carbocycles. The predicted molar refractivity (Wildman–Crippen MR) is 243 cm³/mol. The van der Waals surface area contributed by atoms with Crippen LogP contribution < -0.4 is 21.8 Å². The summed E-state index contributed by atoms with van der Waals surface area (Å²) in [4.78, 5) is 35.0. The molecule has 0 amide bonds. The molecule has 3 aliphatic rings. The number of aryl methyl sites for hydroxylation is 3. The zero-order chi connectivity index (χ0) is 42.3. The van der Waals surface area contributed by atoms with Crippen molar-refractivity contribution in [1.82, 2.24) is 44.9 Å². The van der Waals surface area contributed by atoms with E-state index in [1.165, 1.54) is 38.5 Å². The molecular weight excluding hydrogens is 822 g/mol. The Balaban J connectivity index is 0.000000121. The maximum absolute atomic E-state index is 8.58. The second kappa shape index (κ2) is 19.4. The quantitative estimate of drug-likeness (QED) is 0.0455. The maximum Gasteiger partial charge on any atom is 0.488 e. The van der Waals surface area contributed by atoms with E-state index in [4.69, 9.17) is 55.6 Å². The van der Waals surface area contributed by atoms with Crippen molar-refractivity contribution in [3.8, 4) is 11.4 Å². The van der Waals surface area contributed by atoms with Crippen LogP contribution in [0.25, 0.3) is 44.5 Å². The SMILES string of the molecule is Cc1cc2c(Cl)nc(Cl)nc2[nH]1.Cc1cc2c(NC3CC3)nc(-c3ccccc3)nc2[nH]1.Cc1cc2c(NC3CC3)nc(Cl)nc2[nH]1.NC1CC1.OB(O)c1ccccc1. The Morgan fingerprint density at radius 1 is 0.583 bits per heavy atom. The molecule has 18 heteroatoms. The number of nitrogens with one attached hydrogen (secondary N) is 5. The molecule has 0 spiro atoms. The highest BCUT2D eigenvalue weighted by Gasteiger charge is 2.24. The Hall–Kier alpha value is -5.29. The molecule has 6 aromatic heterocycles. The number of nitrogens with zero attached hydrogens (tertiary/aromatic N) is 6. The number of fused-ring (bicyclic) bond motifs is 3. The molecule has 8 aromatic rings. The maximum atomic E-state index is 8.58. The Labute approximate surface area is 362 Å². The first-order valence-corrected chi connectivity index (χ1v) is 20.9. The third-order valence-electron chi connectivity index (χ3n) is 9.35. The summed E-state index contributed by atoms with van der Waals surface area (Å²) in [7, 11) is -1.34. The molecule has 0 saturated heterocycles. The van der Waals surface area contributed by atoms with Gasteiger partial charge in [-0.1, -0.05) is 72.3 Å². The van der Waals surface area contributed by atoms with Crippen molar-refractivity contribution in [3.05, 3.63) is 112 Å². The van der Waals surface area contributed by atoms with Crippen molar-refractivity contribution in [1.29, 1.82) is 0 Å². The van der Waals surface area contributed by atoms with Crippen molar-refractivity contribution in [2.24, 2.45) is 5.73 Å². The van der Waals surface area contributed by atoms with Crippen molar-refractivity contribution < 1.29 is 10.0 Å². The lowest BCUT2D eigenvalue weighted by Crippen LogP contribution is -2.29. The highest BCUT2D eigenvalue weighted by Crippen LogP contribution is 2.31. The summed E-state index contributed by atoms with van der Waals surface area (Å²) in [5.74, 6) is 2.56. The van der Waals surface area contributed by atoms with Crippen LogP contribution in [-0.4, -0.2) is 80.1 Å². The molecule has 3 fully saturated rings. The lowest BCUT2D eigenvalue weighted by Gasteiger charge is -2.07. The molecule has 6 heterocycles. The fourth-order valence-electron chi connectivity index (χ4n) is 5.83. The Kier molecular flexibility index (Phi) is 13.8. The van der Waals surface area contributed by atoms with Crippen LogP contribution in [-0.2, 0) is 0 Å². The minimum absolute atomic E-state index is 0.161. The number of halogens is 3. The second-order valence-electron chi connectivity index (χ2n) is 15.0. The predicted octanol–water partition coefficient (Wildman–Crippen LogP) is 8.05. The van der Waals surface area contributed by atoms with E-state index in [1.807, 2.05) is 69.3 Å². The highest BCUT2D eigenvalue weighted by molar-refractivity contribution is 6.58. The number of aromatic nitrogens is 9. The molecule has 9 N–H and O–H groups in total. The molecule has 11 rings (SSSR count). The fourth-order valence-corrected chi connectivity index (χ4v) is 6.44. The number of hydrogen-bond donors (Lipinski definition) is 8. The first-order valence-electron chi connectivity index (χ1n) is 19.7. The molecule has 60 heavy (non-hydrogen) atoms. The van der Waals surface area contributed by atoms with E-state index in [2.05, 4.69) is 56.6 Å². The number of rotatable bonds is 6. The Bertz CT molecular complexity index is 2660. The van der Waals surface area contributed by atoms with E-state index in [0.717, 1.165) is 67.6 Å². The van der Waals surface area contributed by atoms with Crippen LogP contribution in [0, 0.1) is 20.8 Å². The number of anilines is 2. The minimum Gasteiger partial charge on any atom is -0.423 e. The van der Waals surface area contributed by atoms with Crippen LogP contribution in [0.3, 0.4) is 0 Å². The van der Waals surface area contributed by atoms with Crippen LogP contribution in [0.2, 0.25) is 15.7 Å². The van der Waals surface area contributed by atoms with E-state index >= 15 is 0 Å². The normalized spacial score (nSPS) is 14.2. The van der Waals surface area contributed by atoms with Gasteiger partial charge in [-0.05, 0) is 106 Å². The fraction of sp³-hybridized carbons (Fsp3) is 0.286. The number of hydrogen-bond acceptors (Lipinski definition) is 11. The van der Waals surface area contributed by atoms with Gasteiger partial charge in [0, 0.05) is 40.8 Å². The molecule has 310 valence electrons. The van der Waals surface area contributed by atoms with Gasteiger partial charge in [-0.25, -0.2) is 19.9 Å². The van der Waals surface area contributed by atoms with Gasteiger partial charge in [0.25, 0.3) is 0 Å². The van der Waals surface area contributed by atoms with Crippen molar-refractivity contribution in [3.63, 3.8) is 0 Å². The van der Waals surface area contributed by atoms with E-state index < -0.39 is 7.12 Å². The smallest absolute Gasteiger partial charge is 0.423 e. The molecule has 0 bridgehead atoms. The molecule has 14 nitrogen and oxygen atoms in total. The molecular formula is C42H46BCl3N12O2. The number of aromatic amines is 3. The molecule has 0 aliphatic heterocycles. The van der Waals surface area contributed by atoms with Crippen LogP contribution in [0.4, 0.5) is 11.6 Å². The molecule has 0 radical (unpaired) electrons. The zero-order valence-electron chi connectivity index (χ0n) is 33.3.